The topological polar surface area (TPSA) is 70.6 Å². The van der Waals surface area contributed by atoms with E-state index in [0.717, 1.165) is 17.7 Å². The number of fused-ring (bicyclic) bond motifs is 1. The van der Waals surface area contributed by atoms with Crippen LogP contribution >= 0.6 is 0 Å². The average Bonchev–Trinajstić information content (AvgIpc) is 2.45. The van der Waals surface area contributed by atoms with Crippen LogP contribution in [0.4, 0.5) is 4.79 Å². The van der Waals surface area contributed by atoms with Gasteiger partial charge in [0.25, 0.3) is 0 Å². The summed E-state index contributed by atoms with van der Waals surface area (Å²) in [5.41, 5.74) is 0.689. The van der Waals surface area contributed by atoms with Gasteiger partial charge in [-0.3, -0.25) is 0 Å². The second kappa shape index (κ2) is 7.01. The van der Waals surface area contributed by atoms with Gasteiger partial charge in [-0.15, -0.1) is 0 Å². The number of nitrogens with one attached hydrogen (secondary N) is 2. The smallest absolute Gasteiger partial charge is 0.315 e. The average molecular weight is 306 g/mol. The molecule has 5 heteroatoms. The van der Waals surface area contributed by atoms with Crippen molar-refractivity contribution in [1.29, 1.82) is 0 Å². The van der Waals surface area contributed by atoms with E-state index in [1.165, 1.54) is 0 Å². The zero-order valence-electron chi connectivity index (χ0n) is 13.6. The highest BCUT2D eigenvalue weighted by atomic mass is 16.5. The first kappa shape index (κ1) is 16.6. The fourth-order valence-electron chi connectivity index (χ4n) is 2.85. The van der Waals surface area contributed by atoms with E-state index in [-0.39, 0.29) is 30.3 Å². The van der Waals surface area contributed by atoms with Crippen LogP contribution in [0, 0.1) is 0 Å². The molecule has 0 aromatic heterocycles. The van der Waals surface area contributed by atoms with E-state index in [2.05, 4.69) is 10.6 Å². The van der Waals surface area contributed by atoms with Crippen LogP contribution in [0.25, 0.3) is 0 Å². The number of rotatable bonds is 5. The van der Waals surface area contributed by atoms with E-state index in [0.29, 0.717) is 12.8 Å². The van der Waals surface area contributed by atoms with Gasteiger partial charge in [-0.1, -0.05) is 25.1 Å². The summed E-state index contributed by atoms with van der Waals surface area (Å²) in [7, 11) is 0. The Morgan fingerprint density at radius 2 is 2.18 bits per heavy atom. The summed E-state index contributed by atoms with van der Waals surface area (Å²) in [6, 6.07) is 7.53. The monoisotopic (exact) mass is 306 g/mol. The highest BCUT2D eigenvalue weighted by Crippen LogP contribution is 2.39. The molecule has 122 valence electrons. The highest BCUT2D eigenvalue weighted by molar-refractivity contribution is 5.75. The molecule has 2 rings (SSSR count). The summed E-state index contributed by atoms with van der Waals surface area (Å²) in [6.45, 7) is 6.12. The zero-order valence-corrected chi connectivity index (χ0v) is 13.6. The Labute approximate surface area is 132 Å². The van der Waals surface area contributed by atoms with Crippen LogP contribution in [0.15, 0.2) is 24.3 Å². The lowest BCUT2D eigenvalue weighted by atomic mass is 9.90. The molecule has 0 aliphatic carbocycles. The number of aliphatic hydroxyl groups excluding tert-OH is 1. The normalized spacial score (nSPS) is 20.5. The molecule has 0 saturated heterocycles. The van der Waals surface area contributed by atoms with E-state index in [9.17, 15) is 4.79 Å². The first-order valence-corrected chi connectivity index (χ1v) is 7.91. The van der Waals surface area contributed by atoms with Crippen LogP contribution in [0.1, 0.15) is 51.6 Å². The van der Waals surface area contributed by atoms with Gasteiger partial charge in [-0.05, 0) is 32.8 Å². The molecule has 1 aliphatic heterocycles. The van der Waals surface area contributed by atoms with Crippen LogP contribution in [-0.4, -0.2) is 29.4 Å². The lowest BCUT2D eigenvalue weighted by molar-refractivity contribution is 0.0678. The van der Waals surface area contributed by atoms with Crippen molar-refractivity contribution in [3.05, 3.63) is 29.8 Å². The van der Waals surface area contributed by atoms with Crippen molar-refractivity contribution in [2.24, 2.45) is 0 Å². The van der Waals surface area contributed by atoms with E-state index in [1.807, 2.05) is 45.0 Å². The molecule has 0 radical (unpaired) electrons. The summed E-state index contributed by atoms with van der Waals surface area (Å²) in [6.07, 6.45) is 2.08. The minimum atomic E-state index is -0.318. The van der Waals surface area contributed by atoms with Crippen molar-refractivity contribution >= 4 is 6.03 Å². The molecule has 3 N–H and O–H groups in total. The van der Waals surface area contributed by atoms with Crippen molar-refractivity contribution in [2.45, 2.75) is 57.7 Å². The number of carbonyl (C=O) groups excluding carboxylic acids is 1. The van der Waals surface area contributed by atoms with Crippen molar-refractivity contribution in [3.63, 3.8) is 0 Å². The molecule has 0 saturated carbocycles. The molecule has 22 heavy (non-hydrogen) atoms. The van der Waals surface area contributed by atoms with Crippen molar-refractivity contribution in [3.8, 4) is 5.75 Å². The fraction of sp³-hybridized carbons (Fsp3) is 0.588. The Morgan fingerprint density at radius 3 is 2.86 bits per heavy atom. The highest BCUT2D eigenvalue weighted by Gasteiger charge is 2.34. The Morgan fingerprint density at radius 1 is 1.45 bits per heavy atom. The largest absolute Gasteiger partial charge is 0.487 e. The summed E-state index contributed by atoms with van der Waals surface area (Å²) in [5.74, 6) is 0.825. The summed E-state index contributed by atoms with van der Waals surface area (Å²) >= 11 is 0. The second-order valence-corrected chi connectivity index (χ2v) is 6.39. The molecular formula is C17H26N2O3. The van der Waals surface area contributed by atoms with Crippen LogP contribution in [-0.2, 0) is 0 Å². The van der Waals surface area contributed by atoms with Gasteiger partial charge in [0.15, 0.2) is 0 Å². The zero-order chi connectivity index (χ0) is 16.2. The Hall–Kier alpha value is -1.75. The molecule has 1 aliphatic rings. The van der Waals surface area contributed by atoms with Crippen LogP contribution in [0.2, 0.25) is 0 Å². The van der Waals surface area contributed by atoms with Gasteiger partial charge in [0.1, 0.15) is 11.4 Å². The van der Waals surface area contributed by atoms with Crippen LogP contribution in [0.3, 0.4) is 0 Å². The molecule has 2 unspecified atom stereocenters. The number of amides is 2. The standard InChI is InChI=1S/C17H26N2O3/c1-4-12(9-10-20)18-16(21)19-14-11-17(2,3)22-15-8-6-5-7-13(14)15/h5-8,12,14,20H,4,9-11H2,1-3H3,(H2,18,19,21). The number of hydrogen-bond donors (Lipinski definition) is 3. The predicted molar refractivity (Wildman–Crippen MR) is 86.0 cm³/mol. The maximum absolute atomic E-state index is 12.2. The maximum Gasteiger partial charge on any atom is 0.315 e. The first-order valence-electron chi connectivity index (χ1n) is 7.91. The van der Waals surface area contributed by atoms with Gasteiger partial charge in [-0.2, -0.15) is 0 Å². The minimum absolute atomic E-state index is 0.00639. The number of hydrogen-bond acceptors (Lipinski definition) is 3. The lowest BCUT2D eigenvalue weighted by Crippen LogP contribution is -2.47. The van der Waals surface area contributed by atoms with Gasteiger partial charge in [-0.25, -0.2) is 4.79 Å². The molecular weight excluding hydrogens is 280 g/mol. The third-order valence-corrected chi connectivity index (χ3v) is 3.99. The molecule has 0 spiro atoms. The maximum atomic E-state index is 12.2. The number of ether oxygens (including phenoxy) is 1. The molecule has 5 nitrogen and oxygen atoms in total. The van der Waals surface area contributed by atoms with Gasteiger partial charge in [0.2, 0.25) is 0 Å². The van der Waals surface area contributed by atoms with Crippen LogP contribution in [0.5, 0.6) is 5.75 Å². The van der Waals surface area contributed by atoms with E-state index in [4.69, 9.17) is 9.84 Å². The summed E-state index contributed by atoms with van der Waals surface area (Å²) in [4.78, 5) is 12.2. The van der Waals surface area contributed by atoms with Gasteiger partial charge in [0, 0.05) is 24.6 Å². The van der Waals surface area contributed by atoms with E-state index in [1.54, 1.807) is 0 Å². The predicted octanol–water partition coefficient (Wildman–Crippen LogP) is 2.75. The summed E-state index contributed by atoms with van der Waals surface area (Å²) in [5, 5.41) is 15.0. The third kappa shape index (κ3) is 4.13. The van der Waals surface area contributed by atoms with E-state index >= 15 is 0 Å². The minimum Gasteiger partial charge on any atom is -0.487 e. The number of urea groups is 1. The molecule has 2 amide bonds. The lowest BCUT2D eigenvalue weighted by Gasteiger charge is -2.38. The van der Waals surface area contributed by atoms with Gasteiger partial charge >= 0.3 is 6.03 Å². The Balaban J connectivity index is 2.07. The molecule has 1 heterocycles. The molecule has 1 aromatic carbocycles. The van der Waals surface area contributed by atoms with Crippen molar-refractivity contribution < 1.29 is 14.6 Å². The molecule has 0 bridgehead atoms. The molecule has 1 aromatic rings. The van der Waals surface area contributed by atoms with Crippen molar-refractivity contribution in [1.82, 2.24) is 10.6 Å². The first-order chi connectivity index (χ1) is 10.4. The summed E-state index contributed by atoms with van der Waals surface area (Å²) < 4.78 is 5.97. The number of carbonyl (C=O) groups is 1. The van der Waals surface area contributed by atoms with Crippen LogP contribution < -0.4 is 15.4 Å². The SMILES string of the molecule is CCC(CCO)NC(=O)NC1CC(C)(C)Oc2ccccc21. The second-order valence-electron chi connectivity index (χ2n) is 6.39. The van der Waals surface area contributed by atoms with E-state index < -0.39 is 0 Å². The quantitative estimate of drug-likeness (QED) is 0.783. The molecule has 2 atom stereocenters. The number of para-hydroxylation sites is 1. The van der Waals surface area contributed by atoms with Crippen molar-refractivity contribution in [2.75, 3.05) is 6.61 Å². The van der Waals surface area contributed by atoms with Gasteiger partial charge in [0.05, 0.1) is 6.04 Å². The third-order valence-electron chi connectivity index (χ3n) is 3.99. The Kier molecular flexibility index (Phi) is 5.29. The number of benzene rings is 1. The molecule has 0 fully saturated rings. The number of aliphatic hydroxyl groups is 1. The van der Waals surface area contributed by atoms with Gasteiger partial charge < -0.3 is 20.5 Å². The fourth-order valence-corrected chi connectivity index (χ4v) is 2.85. The Bertz CT molecular complexity index is 516.